The van der Waals surface area contributed by atoms with Crippen molar-refractivity contribution in [3.63, 3.8) is 0 Å². The topological polar surface area (TPSA) is 207 Å². The summed E-state index contributed by atoms with van der Waals surface area (Å²) in [5, 5.41) is 17.5. The molecule has 0 saturated heterocycles. The van der Waals surface area contributed by atoms with Gasteiger partial charge in [-0.1, -0.05) is 0 Å². The molecule has 110 valence electrons. The van der Waals surface area contributed by atoms with Gasteiger partial charge in [0.1, 0.15) is 6.16 Å². The van der Waals surface area contributed by atoms with Gasteiger partial charge in [0, 0.05) is 20.3 Å². The van der Waals surface area contributed by atoms with Crippen LogP contribution in [0.3, 0.4) is 0 Å². The summed E-state index contributed by atoms with van der Waals surface area (Å²) in [6.07, 6.45) is -2.47. The minimum atomic E-state index is -4.39. The third kappa shape index (κ3) is 32.2. The van der Waals surface area contributed by atoms with Crippen molar-refractivity contribution in [3.8, 4) is 0 Å². The van der Waals surface area contributed by atoms with Gasteiger partial charge in [-0.2, -0.15) is 0 Å². The first-order valence-corrected chi connectivity index (χ1v) is 7.88. The van der Waals surface area contributed by atoms with Crippen LogP contribution in [0.25, 0.3) is 0 Å². The Bertz CT molecular complexity index is 244. The summed E-state index contributed by atoms with van der Waals surface area (Å²) in [4.78, 5) is 73.1. The molecule has 4 N–H and O–H groups in total. The fourth-order valence-corrected chi connectivity index (χ4v) is 1.42. The molecule has 0 aromatic heterocycles. The van der Waals surface area contributed by atoms with Crippen LogP contribution in [0.15, 0.2) is 0 Å². The Morgan fingerprint density at radius 1 is 0.947 bits per heavy atom. The van der Waals surface area contributed by atoms with E-state index < -0.39 is 53.0 Å². The van der Waals surface area contributed by atoms with Crippen LogP contribution in [0.1, 0.15) is 12.8 Å². The molecular formula is C6H12O10P2Zr. The van der Waals surface area contributed by atoms with Crippen LogP contribution >= 0.6 is 15.9 Å². The van der Waals surface area contributed by atoms with E-state index in [2.05, 4.69) is 0 Å². The summed E-state index contributed by atoms with van der Waals surface area (Å²) in [5.74, 6) is -2.68. The fraction of sp³-hybridized carbons (Fsp3) is 0.667. The molecule has 0 aromatic carbocycles. The largest absolute Gasteiger partial charge is 2.00 e. The smallest absolute Gasteiger partial charge is 0.660 e. The third-order valence-electron chi connectivity index (χ3n) is 1.22. The Morgan fingerprint density at radius 3 is 1.47 bits per heavy atom. The zero-order valence-electron chi connectivity index (χ0n) is 9.46. The van der Waals surface area contributed by atoms with E-state index >= 15 is 0 Å². The molecule has 0 aromatic rings. The Balaban J connectivity index is -0.000000256. The molecule has 0 rings (SSSR count). The minimum Gasteiger partial charge on any atom is -0.660 e. The van der Waals surface area contributed by atoms with Gasteiger partial charge in [0.25, 0.3) is 0 Å². The second-order valence-corrected chi connectivity index (χ2v) is 6.51. The molecule has 0 aliphatic heterocycles. The first-order chi connectivity index (χ1) is 7.83. The van der Waals surface area contributed by atoms with E-state index in [9.17, 15) is 29.4 Å². The van der Waals surface area contributed by atoms with Gasteiger partial charge in [0.15, 0.2) is 0 Å². The maximum atomic E-state index is 9.97. The van der Waals surface area contributed by atoms with Gasteiger partial charge >= 0.3 is 32.2 Å². The normalized spacial score (nSPS) is 10.8. The number of rotatable bonds is 6. The number of hydrogen-bond acceptors (Lipinski definition) is 9. The average molecular weight is 397 g/mol. The van der Waals surface area contributed by atoms with E-state index in [1.165, 1.54) is 0 Å². The zero-order valence-corrected chi connectivity index (χ0v) is 13.7. The van der Waals surface area contributed by atoms with Gasteiger partial charge in [0.05, 0.1) is 12.6 Å². The molecule has 0 atom stereocenters. The number of aliphatic carboxylic acids is 2. The Labute approximate surface area is 128 Å². The summed E-state index contributed by atoms with van der Waals surface area (Å²) in [6, 6.07) is 0. The van der Waals surface area contributed by atoms with Gasteiger partial charge in [-0.15, -0.1) is 0 Å². The Morgan fingerprint density at radius 2 is 1.37 bits per heavy atom. The first kappa shape index (κ1) is 24.5. The van der Waals surface area contributed by atoms with Crippen molar-refractivity contribution in [1.29, 1.82) is 0 Å². The van der Waals surface area contributed by atoms with Crippen molar-refractivity contribution in [2.75, 3.05) is 12.3 Å². The molecule has 0 fully saturated rings. The standard InChI is InChI=1S/2C3H7O5P.Zr/c2*4-3(5)1-2-9(6,7)8;/h2*1-2H2,(H,4,5)(H2,6,7,8);/q;;+2/p-2. The molecule has 10 nitrogen and oxygen atoms in total. The van der Waals surface area contributed by atoms with Crippen molar-refractivity contribution >= 4 is 27.8 Å². The SMILES string of the molecule is O=C(O)CC[P+]([O-])(O)O.O=C([O-])CC[P+]([O-])([O-])O.[Zr+2]. The Hall–Kier alpha value is 0.443. The van der Waals surface area contributed by atoms with E-state index in [0.717, 1.165) is 0 Å². The predicted octanol–water partition coefficient (Wildman–Crippen LogP) is -4.83. The molecule has 0 bridgehead atoms. The molecule has 0 aliphatic carbocycles. The van der Waals surface area contributed by atoms with Crippen molar-refractivity contribution in [3.05, 3.63) is 0 Å². The van der Waals surface area contributed by atoms with Gasteiger partial charge < -0.3 is 29.7 Å². The van der Waals surface area contributed by atoms with Crippen LogP contribution < -0.4 is 19.8 Å². The summed E-state index contributed by atoms with van der Waals surface area (Å²) >= 11 is 0. The molecule has 0 amide bonds. The van der Waals surface area contributed by atoms with Crippen LogP contribution in [0.4, 0.5) is 0 Å². The van der Waals surface area contributed by atoms with Crippen molar-refractivity contribution < 1.29 is 75.4 Å². The number of carbonyl (C=O) groups excluding carboxylic acids is 1. The van der Waals surface area contributed by atoms with E-state index in [1.54, 1.807) is 0 Å². The van der Waals surface area contributed by atoms with Crippen LogP contribution in [0.2, 0.25) is 0 Å². The number of carboxylic acid groups (broad SMARTS) is 2. The summed E-state index contributed by atoms with van der Waals surface area (Å²) in [6.45, 7) is 0. The molecule has 0 heterocycles. The fourth-order valence-electron chi connectivity index (χ4n) is 0.474. The van der Waals surface area contributed by atoms with E-state index in [-0.39, 0.29) is 26.2 Å². The molecule has 0 unspecified atom stereocenters. The van der Waals surface area contributed by atoms with Gasteiger partial charge in [-0.3, -0.25) is 9.69 Å². The molecule has 13 heteroatoms. The molecule has 19 heavy (non-hydrogen) atoms. The van der Waals surface area contributed by atoms with Crippen molar-refractivity contribution in [1.82, 2.24) is 0 Å². The molecular weight excluding hydrogens is 385 g/mol. The van der Waals surface area contributed by atoms with Gasteiger partial charge in [0.2, 0.25) is 7.94 Å². The molecule has 0 spiro atoms. The Kier molecular flexibility index (Phi) is 14.3. The quantitative estimate of drug-likeness (QED) is 0.314. The molecule has 0 aliphatic rings. The van der Waals surface area contributed by atoms with Gasteiger partial charge in [-0.25, -0.2) is 9.79 Å². The second-order valence-electron chi connectivity index (χ2n) is 3.02. The monoisotopic (exact) mass is 396 g/mol. The maximum Gasteiger partial charge on any atom is 2.00 e. The number of carboxylic acids is 2. The molecule has 0 saturated carbocycles. The second kappa shape index (κ2) is 11.1. The zero-order chi connectivity index (χ0) is 15.0. The summed E-state index contributed by atoms with van der Waals surface area (Å²) in [7, 11) is -8.49. The van der Waals surface area contributed by atoms with Crippen LogP contribution in [-0.4, -0.2) is 44.0 Å². The first-order valence-electron chi connectivity index (χ1n) is 4.32. The van der Waals surface area contributed by atoms with Crippen LogP contribution in [-0.2, 0) is 35.8 Å². The van der Waals surface area contributed by atoms with Crippen LogP contribution in [0, 0.1) is 0 Å². The predicted molar refractivity (Wildman–Crippen MR) is 52.1 cm³/mol. The summed E-state index contributed by atoms with van der Waals surface area (Å²) < 4.78 is 0. The average Bonchev–Trinajstić information content (AvgIpc) is 2.10. The van der Waals surface area contributed by atoms with Crippen LogP contribution in [0.5, 0.6) is 0 Å². The number of carbonyl (C=O) groups is 2. The minimum absolute atomic E-state index is 0. The summed E-state index contributed by atoms with van der Waals surface area (Å²) in [5.41, 5.74) is 0. The van der Waals surface area contributed by atoms with Gasteiger partial charge in [-0.05, 0) is 0 Å². The van der Waals surface area contributed by atoms with E-state index in [0.29, 0.717) is 0 Å². The van der Waals surface area contributed by atoms with E-state index in [4.69, 9.17) is 19.8 Å². The third-order valence-corrected chi connectivity index (χ3v) is 2.81. The van der Waals surface area contributed by atoms with E-state index in [1.807, 2.05) is 0 Å². The number of hydrogen-bond donors (Lipinski definition) is 4. The maximum absolute atomic E-state index is 9.97. The van der Waals surface area contributed by atoms with Crippen molar-refractivity contribution in [2.24, 2.45) is 0 Å². The van der Waals surface area contributed by atoms with Crippen molar-refractivity contribution in [2.45, 2.75) is 12.8 Å². The molecule has 0 radical (unpaired) electrons.